The van der Waals surface area contributed by atoms with E-state index in [1.54, 1.807) is 6.92 Å². The Hall–Kier alpha value is -0.790. The Morgan fingerprint density at radius 3 is 2.34 bits per heavy atom. The number of esters is 1. The van der Waals surface area contributed by atoms with Crippen LogP contribution in [0.3, 0.4) is 0 Å². The van der Waals surface area contributed by atoms with Gasteiger partial charge in [0.05, 0.1) is 0 Å². The van der Waals surface area contributed by atoms with Crippen LogP contribution in [0.4, 0.5) is 0 Å². The normalized spacial score (nSPS) is 44.5. The van der Waals surface area contributed by atoms with Crippen molar-refractivity contribution < 1.29 is 9.53 Å². The summed E-state index contributed by atoms with van der Waals surface area (Å²) >= 11 is 0. The molecule has 0 bridgehead atoms. The molecular weight excluding hydrogens is 392 g/mol. The highest BCUT2D eigenvalue weighted by Gasteiger charge is 2.61. The molecule has 2 nitrogen and oxygen atoms in total. The Kier molecular flexibility index (Phi) is 6.92. The van der Waals surface area contributed by atoms with Crippen LogP contribution in [0.5, 0.6) is 0 Å². The number of carbonyl (C=O) groups is 1. The maximum Gasteiger partial charge on any atom is 0.303 e. The second-order valence-electron chi connectivity index (χ2n) is 13.3. The lowest BCUT2D eigenvalue weighted by Gasteiger charge is -2.61. The predicted molar refractivity (Wildman–Crippen MR) is 133 cm³/mol. The number of rotatable bonds is 6. The fraction of sp³-hybridized carbons (Fsp3) is 0.900. The number of fused-ring (bicyclic) bond motifs is 5. The minimum Gasteiger partial charge on any atom is -0.458 e. The second-order valence-corrected chi connectivity index (χ2v) is 13.3. The molecule has 182 valence electrons. The molecule has 0 N–H and O–H groups in total. The van der Waals surface area contributed by atoms with E-state index in [4.69, 9.17) is 4.74 Å². The van der Waals surface area contributed by atoms with Crippen molar-refractivity contribution in [1.82, 2.24) is 0 Å². The smallest absolute Gasteiger partial charge is 0.303 e. The van der Waals surface area contributed by atoms with Gasteiger partial charge in [0.25, 0.3) is 0 Å². The molecule has 2 heteroatoms. The van der Waals surface area contributed by atoms with Gasteiger partial charge in [0, 0.05) is 6.92 Å². The highest BCUT2D eigenvalue weighted by molar-refractivity contribution is 5.66. The Morgan fingerprint density at radius 1 is 0.969 bits per heavy atom. The first kappa shape index (κ1) is 24.3. The summed E-state index contributed by atoms with van der Waals surface area (Å²) in [5.41, 5.74) is 2.15. The van der Waals surface area contributed by atoms with E-state index in [1.807, 2.05) is 0 Å². The number of carbonyl (C=O) groups excluding carboxylic acids is 1. The van der Waals surface area contributed by atoms with Crippen molar-refractivity contribution in [1.29, 1.82) is 0 Å². The highest BCUT2D eigenvalue weighted by Crippen LogP contribution is 2.69. The third-order valence-electron chi connectivity index (χ3n) is 11.2. The minimum absolute atomic E-state index is 0.0430. The van der Waals surface area contributed by atoms with Gasteiger partial charge in [-0.3, -0.25) is 4.79 Å². The average molecular weight is 443 g/mol. The van der Waals surface area contributed by atoms with Crippen LogP contribution in [0.15, 0.2) is 12.2 Å². The van der Waals surface area contributed by atoms with Gasteiger partial charge in [-0.25, -0.2) is 0 Å². The molecule has 4 aliphatic carbocycles. The van der Waals surface area contributed by atoms with Crippen molar-refractivity contribution in [2.45, 2.75) is 118 Å². The van der Waals surface area contributed by atoms with Crippen LogP contribution in [0.25, 0.3) is 0 Å². The Balaban J connectivity index is 1.47. The van der Waals surface area contributed by atoms with Crippen molar-refractivity contribution in [3.63, 3.8) is 0 Å². The van der Waals surface area contributed by atoms with Crippen LogP contribution in [0.2, 0.25) is 0 Å². The molecule has 0 unspecified atom stereocenters. The zero-order valence-corrected chi connectivity index (χ0v) is 21.9. The Morgan fingerprint density at radius 2 is 1.66 bits per heavy atom. The van der Waals surface area contributed by atoms with Crippen molar-refractivity contribution in [2.75, 3.05) is 0 Å². The van der Waals surface area contributed by atoms with Crippen molar-refractivity contribution >= 4 is 5.97 Å². The molecule has 0 spiro atoms. The van der Waals surface area contributed by atoms with Gasteiger partial charge in [-0.05, 0) is 109 Å². The Bertz CT molecular complexity index is 710. The summed E-state index contributed by atoms with van der Waals surface area (Å²) in [6, 6.07) is 0. The zero-order valence-electron chi connectivity index (χ0n) is 21.9. The molecule has 0 aliphatic heterocycles. The molecule has 0 aromatic carbocycles. The fourth-order valence-electron chi connectivity index (χ4n) is 9.64. The molecule has 4 aliphatic rings. The highest BCUT2D eigenvalue weighted by atomic mass is 16.5. The van der Waals surface area contributed by atoms with E-state index >= 15 is 0 Å². The molecule has 0 aromatic heterocycles. The third kappa shape index (κ3) is 4.11. The monoisotopic (exact) mass is 442 g/mol. The second kappa shape index (κ2) is 9.10. The summed E-state index contributed by atoms with van der Waals surface area (Å²) in [5, 5.41) is 0. The topological polar surface area (TPSA) is 26.3 Å². The predicted octanol–water partition coefficient (Wildman–Crippen LogP) is 8.21. The first-order chi connectivity index (χ1) is 15.1. The van der Waals surface area contributed by atoms with Gasteiger partial charge < -0.3 is 4.74 Å². The number of ether oxygens (including phenoxy) is 1. The SMILES string of the molecule is C=C1[C@@H](OC(C)=O)CC[C@@]2(C)[C@H]1CC[C@@H]1[C@@H]2CC[C@]2(C)[C@@H]([C@H](C)CCCC(C)C)CC[C@@H]12. The lowest BCUT2D eigenvalue weighted by atomic mass is 9.44. The summed E-state index contributed by atoms with van der Waals surface area (Å²) in [6.07, 6.45) is 14.8. The molecule has 32 heavy (non-hydrogen) atoms. The number of hydrogen-bond acceptors (Lipinski definition) is 2. The van der Waals surface area contributed by atoms with Gasteiger partial charge in [-0.1, -0.05) is 60.5 Å². The Labute approximate surface area is 198 Å². The molecule has 0 heterocycles. The molecular formula is C30H50O2. The van der Waals surface area contributed by atoms with E-state index in [0.717, 1.165) is 41.9 Å². The van der Waals surface area contributed by atoms with Crippen molar-refractivity contribution in [2.24, 2.45) is 52.3 Å². The first-order valence-corrected chi connectivity index (χ1v) is 13.9. The molecule has 4 fully saturated rings. The van der Waals surface area contributed by atoms with E-state index < -0.39 is 0 Å². The molecule has 9 atom stereocenters. The van der Waals surface area contributed by atoms with Crippen LogP contribution >= 0.6 is 0 Å². The van der Waals surface area contributed by atoms with Crippen LogP contribution in [0, 0.1) is 52.3 Å². The molecule has 0 radical (unpaired) electrons. The summed E-state index contributed by atoms with van der Waals surface area (Å²) in [7, 11) is 0. The largest absolute Gasteiger partial charge is 0.458 e. The molecule has 0 amide bonds. The standard InChI is InChI=1S/C30H50O2/c1-19(2)9-8-10-20(3)24-13-14-26-23-11-12-25-21(4)28(32-22(5)31)16-18-30(25,7)27(23)15-17-29(24,26)6/h19-20,23-28H,4,8-18H2,1-3,5-7H3/t20-,23+,24-,25+,26+,27+,28+,29-,30+/m1/s1. The van der Waals surface area contributed by atoms with Crippen LogP contribution in [0.1, 0.15) is 112 Å². The van der Waals surface area contributed by atoms with E-state index in [-0.39, 0.29) is 12.1 Å². The zero-order chi connectivity index (χ0) is 23.3. The van der Waals surface area contributed by atoms with Gasteiger partial charge >= 0.3 is 5.97 Å². The quantitative estimate of drug-likeness (QED) is 0.306. The third-order valence-corrected chi connectivity index (χ3v) is 11.2. The van der Waals surface area contributed by atoms with Crippen LogP contribution in [-0.2, 0) is 9.53 Å². The van der Waals surface area contributed by atoms with Gasteiger partial charge in [-0.15, -0.1) is 0 Å². The summed E-state index contributed by atoms with van der Waals surface area (Å²) in [6.45, 7) is 18.6. The van der Waals surface area contributed by atoms with E-state index in [2.05, 4.69) is 41.2 Å². The van der Waals surface area contributed by atoms with Gasteiger partial charge in [0.15, 0.2) is 0 Å². The van der Waals surface area contributed by atoms with Crippen molar-refractivity contribution in [3.8, 4) is 0 Å². The fourth-order valence-corrected chi connectivity index (χ4v) is 9.64. The van der Waals surface area contributed by atoms with Crippen LogP contribution < -0.4 is 0 Å². The molecule has 0 aromatic rings. The van der Waals surface area contributed by atoms with Gasteiger partial charge in [0.2, 0.25) is 0 Å². The molecule has 0 saturated heterocycles. The summed E-state index contributed by atoms with van der Waals surface area (Å²) < 4.78 is 5.67. The number of hydrogen-bond donors (Lipinski definition) is 0. The first-order valence-electron chi connectivity index (χ1n) is 13.9. The maximum absolute atomic E-state index is 11.6. The van der Waals surface area contributed by atoms with E-state index in [9.17, 15) is 4.79 Å². The van der Waals surface area contributed by atoms with Crippen molar-refractivity contribution in [3.05, 3.63) is 12.2 Å². The van der Waals surface area contributed by atoms with Crippen LogP contribution in [-0.4, -0.2) is 12.1 Å². The minimum atomic E-state index is -0.151. The lowest BCUT2D eigenvalue weighted by molar-refractivity contribution is -0.151. The summed E-state index contributed by atoms with van der Waals surface area (Å²) in [4.78, 5) is 11.6. The average Bonchev–Trinajstić information content (AvgIpc) is 3.07. The van der Waals surface area contributed by atoms with Gasteiger partial charge in [-0.2, -0.15) is 0 Å². The van der Waals surface area contributed by atoms with E-state index in [1.165, 1.54) is 69.8 Å². The molecule has 4 saturated carbocycles. The summed E-state index contributed by atoms with van der Waals surface area (Å²) in [5.74, 6) is 5.71. The molecule has 4 rings (SSSR count). The van der Waals surface area contributed by atoms with E-state index in [0.29, 0.717) is 16.7 Å². The maximum atomic E-state index is 11.6. The lowest BCUT2D eigenvalue weighted by Crippen LogP contribution is -2.55. The van der Waals surface area contributed by atoms with Gasteiger partial charge in [0.1, 0.15) is 6.10 Å².